The summed E-state index contributed by atoms with van der Waals surface area (Å²) in [6.45, 7) is 1.82. The summed E-state index contributed by atoms with van der Waals surface area (Å²) in [5.41, 5.74) is 0.706. The Morgan fingerprint density at radius 2 is 2.06 bits per heavy atom. The summed E-state index contributed by atoms with van der Waals surface area (Å²) in [4.78, 5) is 2.12. The van der Waals surface area contributed by atoms with E-state index in [1.54, 1.807) is 12.1 Å². The van der Waals surface area contributed by atoms with Gasteiger partial charge in [-0.2, -0.15) is 5.26 Å². The van der Waals surface area contributed by atoms with Gasteiger partial charge in [-0.15, -0.1) is 0 Å². The molecular weight excluding hydrogens is 231 g/mol. The summed E-state index contributed by atoms with van der Waals surface area (Å²) in [5.74, 6) is -0.193. The third kappa shape index (κ3) is 2.62. The van der Waals surface area contributed by atoms with E-state index in [4.69, 9.17) is 4.74 Å². The van der Waals surface area contributed by atoms with Crippen LogP contribution in [-0.2, 0) is 0 Å². The maximum absolute atomic E-state index is 13.7. The largest absolute Gasteiger partial charge is 0.494 e. The van der Waals surface area contributed by atoms with E-state index in [1.807, 2.05) is 0 Å². The number of nitrogens with zero attached hydrogens (tertiary/aromatic N) is 2. The quantitative estimate of drug-likeness (QED) is 0.825. The van der Waals surface area contributed by atoms with Gasteiger partial charge in [0, 0.05) is 0 Å². The molecule has 0 radical (unpaired) electrons. The lowest BCUT2D eigenvalue weighted by Gasteiger charge is -2.30. The zero-order valence-corrected chi connectivity index (χ0v) is 10.5. The lowest BCUT2D eigenvalue weighted by molar-refractivity contribution is 0.196. The van der Waals surface area contributed by atoms with Gasteiger partial charge in [0.25, 0.3) is 0 Å². The second kappa shape index (κ2) is 5.83. The molecule has 3 nitrogen and oxygen atoms in total. The van der Waals surface area contributed by atoms with Gasteiger partial charge in [-0.3, -0.25) is 4.90 Å². The molecule has 1 aliphatic heterocycles. The molecule has 1 atom stereocenters. The van der Waals surface area contributed by atoms with E-state index < -0.39 is 5.82 Å². The molecule has 0 amide bonds. The normalized spacial score (nSPS) is 18.1. The van der Waals surface area contributed by atoms with Crippen LogP contribution in [0.1, 0.15) is 30.9 Å². The molecule has 0 aromatic heterocycles. The van der Waals surface area contributed by atoms with Crippen LogP contribution in [-0.4, -0.2) is 25.1 Å². The first kappa shape index (κ1) is 12.8. The van der Waals surface area contributed by atoms with E-state index >= 15 is 0 Å². The fourth-order valence-corrected chi connectivity index (χ4v) is 2.40. The Morgan fingerprint density at radius 3 is 2.61 bits per heavy atom. The molecule has 0 bridgehead atoms. The van der Waals surface area contributed by atoms with Gasteiger partial charge in [-0.05, 0) is 43.6 Å². The van der Waals surface area contributed by atoms with Crippen LogP contribution < -0.4 is 4.74 Å². The van der Waals surface area contributed by atoms with Gasteiger partial charge in [0.1, 0.15) is 6.04 Å². The second-order valence-corrected chi connectivity index (χ2v) is 4.52. The van der Waals surface area contributed by atoms with E-state index in [2.05, 4.69) is 11.0 Å². The van der Waals surface area contributed by atoms with Crippen LogP contribution in [0.3, 0.4) is 0 Å². The van der Waals surface area contributed by atoms with Crippen LogP contribution in [0.2, 0.25) is 0 Å². The number of methoxy groups -OCH3 is 1. The Balaban J connectivity index is 2.22. The first-order valence-corrected chi connectivity index (χ1v) is 6.23. The van der Waals surface area contributed by atoms with Crippen LogP contribution in [0, 0.1) is 17.1 Å². The van der Waals surface area contributed by atoms with Gasteiger partial charge in [0.15, 0.2) is 11.6 Å². The van der Waals surface area contributed by atoms with E-state index in [9.17, 15) is 9.65 Å². The van der Waals surface area contributed by atoms with Crippen molar-refractivity contribution >= 4 is 0 Å². The summed E-state index contributed by atoms with van der Waals surface area (Å²) in [6, 6.07) is 6.67. The van der Waals surface area contributed by atoms with Crippen molar-refractivity contribution in [1.82, 2.24) is 4.90 Å². The number of ether oxygens (including phenoxy) is 1. The van der Waals surface area contributed by atoms with Gasteiger partial charge in [0.05, 0.1) is 13.2 Å². The van der Waals surface area contributed by atoms with E-state index in [-0.39, 0.29) is 11.8 Å². The maximum atomic E-state index is 13.7. The fraction of sp³-hybridized carbons (Fsp3) is 0.500. The molecule has 0 saturated carbocycles. The molecule has 1 aliphatic rings. The van der Waals surface area contributed by atoms with Crippen LogP contribution in [0.5, 0.6) is 5.75 Å². The third-order valence-corrected chi connectivity index (χ3v) is 3.37. The summed E-state index contributed by atoms with van der Waals surface area (Å²) in [7, 11) is 1.44. The average Bonchev–Trinajstić information content (AvgIpc) is 2.41. The topological polar surface area (TPSA) is 36.3 Å². The van der Waals surface area contributed by atoms with Crippen molar-refractivity contribution < 1.29 is 9.13 Å². The maximum Gasteiger partial charge on any atom is 0.165 e. The molecule has 4 heteroatoms. The highest BCUT2D eigenvalue weighted by molar-refractivity contribution is 5.33. The van der Waals surface area contributed by atoms with E-state index in [0.717, 1.165) is 25.9 Å². The molecule has 1 fully saturated rings. The predicted molar refractivity (Wildman–Crippen MR) is 66.7 cm³/mol. The number of hydrogen-bond donors (Lipinski definition) is 0. The van der Waals surface area contributed by atoms with E-state index in [1.165, 1.54) is 19.6 Å². The zero-order chi connectivity index (χ0) is 13.0. The minimum atomic E-state index is -0.410. The first-order valence-electron chi connectivity index (χ1n) is 6.23. The summed E-state index contributed by atoms with van der Waals surface area (Å²) in [6.07, 6.45) is 3.43. The molecule has 96 valence electrons. The van der Waals surface area contributed by atoms with Crippen molar-refractivity contribution in [3.63, 3.8) is 0 Å². The Morgan fingerprint density at radius 1 is 1.33 bits per heavy atom. The molecule has 1 aromatic rings. The highest BCUT2D eigenvalue weighted by Gasteiger charge is 2.22. The van der Waals surface area contributed by atoms with Gasteiger partial charge >= 0.3 is 0 Å². The Kier molecular flexibility index (Phi) is 4.16. The summed E-state index contributed by atoms with van der Waals surface area (Å²) < 4.78 is 18.5. The first-order chi connectivity index (χ1) is 8.76. The van der Waals surface area contributed by atoms with E-state index in [0.29, 0.717) is 5.56 Å². The minimum Gasteiger partial charge on any atom is -0.494 e. The van der Waals surface area contributed by atoms with Crippen molar-refractivity contribution in [2.75, 3.05) is 20.2 Å². The van der Waals surface area contributed by atoms with Crippen molar-refractivity contribution in [3.8, 4) is 11.8 Å². The zero-order valence-electron chi connectivity index (χ0n) is 10.5. The van der Waals surface area contributed by atoms with Gasteiger partial charge in [0.2, 0.25) is 0 Å². The number of nitriles is 1. The highest BCUT2D eigenvalue weighted by atomic mass is 19.1. The second-order valence-electron chi connectivity index (χ2n) is 4.52. The molecule has 0 aliphatic carbocycles. The number of hydrogen-bond acceptors (Lipinski definition) is 3. The Bertz CT molecular complexity index is 450. The van der Waals surface area contributed by atoms with Gasteiger partial charge in [-0.1, -0.05) is 12.5 Å². The molecule has 1 saturated heterocycles. The lowest BCUT2D eigenvalue weighted by Crippen LogP contribution is -2.33. The molecule has 2 rings (SSSR count). The predicted octanol–water partition coefficient (Wildman–Crippen LogP) is 2.88. The molecule has 1 unspecified atom stereocenters. The number of piperidine rings is 1. The third-order valence-electron chi connectivity index (χ3n) is 3.37. The van der Waals surface area contributed by atoms with Crippen molar-refractivity contribution in [2.24, 2.45) is 0 Å². The smallest absolute Gasteiger partial charge is 0.165 e. The molecule has 0 spiro atoms. The standard InChI is InChI=1S/C14H17FN2O/c1-18-14-6-5-11(9-12(14)15)13(10-16)17-7-3-2-4-8-17/h5-6,9,13H,2-4,7-8H2,1H3. The van der Waals surface area contributed by atoms with Crippen molar-refractivity contribution in [3.05, 3.63) is 29.6 Å². The average molecular weight is 248 g/mol. The van der Waals surface area contributed by atoms with Crippen LogP contribution in [0.25, 0.3) is 0 Å². The molecule has 18 heavy (non-hydrogen) atoms. The minimum absolute atomic E-state index is 0.217. The molecular formula is C14H17FN2O. The Hall–Kier alpha value is -1.60. The number of benzene rings is 1. The summed E-state index contributed by atoms with van der Waals surface area (Å²) in [5, 5.41) is 9.30. The van der Waals surface area contributed by atoms with Crippen LogP contribution >= 0.6 is 0 Å². The van der Waals surface area contributed by atoms with Crippen LogP contribution in [0.4, 0.5) is 4.39 Å². The van der Waals surface area contributed by atoms with Gasteiger partial charge in [-0.25, -0.2) is 4.39 Å². The SMILES string of the molecule is COc1ccc(C(C#N)N2CCCCC2)cc1F. The monoisotopic (exact) mass is 248 g/mol. The summed E-state index contributed by atoms with van der Waals surface area (Å²) >= 11 is 0. The number of rotatable bonds is 3. The molecule has 1 aromatic carbocycles. The molecule has 1 heterocycles. The van der Waals surface area contributed by atoms with Gasteiger partial charge < -0.3 is 4.74 Å². The lowest BCUT2D eigenvalue weighted by atomic mass is 10.0. The fourth-order valence-electron chi connectivity index (χ4n) is 2.40. The number of likely N-dealkylation sites (tertiary alicyclic amines) is 1. The Labute approximate surface area is 107 Å². The highest BCUT2D eigenvalue weighted by Crippen LogP contribution is 2.27. The van der Waals surface area contributed by atoms with Crippen molar-refractivity contribution in [1.29, 1.82) is 5.26 Å². The van der Waals surface area contributed by atoms with Crippen LogP contribution in [0.15, 0.2) is 18.2 Å². The number of halogens is 1. The van der Waals surface area contributed by atoms with Crippen molar-refractivity contribution in [2.45, 2.75) is 25.3 Å². The molecule has 0 N–H and O–H groups in total.